The molecular weight excluding hydrogens is 278 g/mol. The lowest BCUT2D eigenvalue weighted by atomic mass is 9.70. The molecule has 0 unspecified atom stereocenters. The van der Waals surface area contributed by atoms with Crippen molar-refractivity contribution in [1.29, 1.82) is 0 Å². The van der Waals surface area contributed by atoms with Gasteiger partial charge in [-0.1, -0.05) is 19.4 Å². The van der Waals surface area contributed by atoms with Gasteiger partial charge in [0.05, 0.1) is 11.6 Å². The van der Waals surface area contributed by atoms with Crippen molar-refractivity contribution >= 4 is 15.9 Å². The summed E-state index contributed by atoms with van der Waals surface area (Å²) in [7, 11) is 1.69. The van der Waals surface area contributed by atoms with Crippen molar-refractivity contribution < 1.29 is 4.74 Å². The molecule has 0 saturated heterocycles. The van der Waals surface area contributed by atoms with Crippen LogP contribution in [0.4, 0.5) is 0 Å². The molecule has 0 heterocycles. The second-order valence-corrected chi connectivity index (χ2v) is 6.09. The Balaban J connectivity index is 1.84. The van der Waals surface area contributed by atoms with Crippen molar-refractivity contribution in [1.82, 2.24) is 5.32 Å². The van der Waals surface area contributed by atoms with Gasteiger partial charge in [-0.05, 0) is 51.9 Å². The third-order valence-corrected chi connectivity index (χ3v) is 4.28. The van der Waals surface area contributed by atoms with Crippen LogP contribution in [0.3, 0.4) is 0 Å². The molecule has 94 valence electrons. The number of hydrogen-bond donors (Lipinski definition) is 1. The molecule has 17 heavy (non-hydrogen) atoms. The summed E-state index contributed by atoms with van der Waals surface area (Å²) in [5.74, 6) is 0.889. The molecular formula is C14H20BrNO. The molecule has 1 aliphatic carbocycles. The molecule has 2 nitrogen and oxygen atoms in total. The monoisotopic (exact) mass is 297 g/mol. The molecule has 1 aromatic rings. The summed E-state index contributed by atoms with van der Waals surface area (Å²) in [6, 6.07) is 6.24. The lowest BCUT2D eigenvalue weighted by Gasteiger charge is -2.38. The van der Waals surface area contributed by atoms with Crippen LogP contribution in [-0.4, -0.2) is 13.7 Å². The Bertz CT molecular complexity index is 388. The zero-order valence-electron chi connectivity index (χ0n) is 10.6. The van der Waals surface area contributed by atoms with Crippen LogP contribution in [0.1, 0.15) is 31.7 Å². The van der Waals surface area contributed by atoms with Gasteiger partial charge in [-0.25, -0.2) is 0 Å². The largest absolute Gasteiger partial charge is 0.496 e. The number of halogens is 1. The number of nitrogens with one attached hydrogen (secondary N) is 1. The van der Waals surface area contributed by atoms with Gasteiger partial charge in [0.15, 0.2) is 0 Å². The van der Waals surface area contributed by atoms with Crippen molar-refractivity contribution in [2.24, 2.45) is 5.41 Å². The molecule has 0 spiro atoms. The Morgan fingerprint density at radius 3 is 2.71 bits per heavy atom. The van der Waals surface area contributed by atoms with E-state index >= 15 is 0 Å². The maximum Gasteiger partial charge on any atom is 0.133 e. The number of hydrogen-bond acceptors (Lipinski definition) is 2. The van der Waals surface area contributed by atoms with E-state index in [0.717, 1.165) is 23.3 Å². The summed E-state index contributed by atoms with van der Waals surface area (Å²) in [5, 5.41) is 3.55. The van der Waals surface area contributed by atoms with E-state index in [-0.39, 0.29) is 0 Å². The van der Waals surface area contributed by atoms with Crippen LogP contribution in [0.15, 0.2) is 22.7 Å². The average Bonchev–Trinajstić information content (AvgIpc) is 2.27. The van der Waals surface area contributed by atoms with E-state index in [1.165, 1.54) is 24.8 Å². The van der Waals surface area contributed by atoms with Gasteiger partial charge in [0, 0.05) is 13.1 Å². The maximum atomic E-state index is 5.22. The summed E-state index contributed by atoms with van der Waals surface area (Å²) in [5.41, 5.74) is 1.84. The van der Waals surface area contributed by atoms with Crippen LogP contribution in [0.5, 0.6) is 5.75 Å². The molecule has 0 radical (unpaired) electrons. The van der Waals surface area contributed by atoms with Crippen molar-refractivity contribution in [2.45, 2.75) is 32.7 Å². The van der Waals surface area contributed by atoms with Gasteiger partial charge < -0.3 is 10.1 Å². The van der Waals surface area contributed by atoms with Crippen molar-refractivity contribution in [3.63, 3.8) is 0 Å². The number of benzene rings is 1. The molecule has 0 amide bonds. The molecule has 1 N–H and O–H groups in total. The first-order chi connectivity index (χ1) is 8.13. The SMILES string of the molecule is COc1ccc(CNCC2(C)CCC2)cc1Br. The van der Waals surface area contributed by atoms with Crippen molar-refractivity contribution in [3.8, 4) is 5.75 Å². The van der Waals surface area contributed by atoms with Gasteiger partial charge in [-0.2, -0.15) is 0 Å². The van der Waals surface area contributed by atoms with E-state index in [1.54, 1.807) is 7.11 Å². The van der Waals surface area contributed by atoms with Gasteiger partial charge in [0.25, 0.3) is 0 Å². The Morgan fingerprint density at radius 2 is 2.18 bits per heavy atom. The molecule has 2 rings (SSSR count). The summed E-state index contributed by atoms with van der Waals surface area (Å²) >= 11 is 3.51. The normalized spacial score (nSPS) is 17.6. The van der Waals surface area contributed by atoms with Crippen LogP contribution in [0.2, 0.25) is 0 Å². The van der Waals surface area contributed by atoms with E-state index in [1.807, 2.05) is 6.07 Å². The third-order valence-electron chi connectivity index (χ3n) is 3.66. The Morgan fingerprint density at radius 1 is 1.41 bits per heavy atom. The topological polar surface area (TPSA) is 21.3 Å². The van der Waals surface area contributed by atoms with Gasteiger partial charge in [-0.3, -0.25) is 0 Å². The molecule has 1 fully saturated rings. The molecule has 1 aliphatic rings. The highest BCUT2D eigenvalue weighted by Gasteiger charge is 2.30. The minimum absolute atomic E-state index is 0.545. The number of rotatable bonds is 5. The van der Waals surface area contributed by atoms with E-state index in [2.05, 4.69) is 40.3 Å². The average molecular weight is 298 g/mol. The minimum Gasteiger partial charge on any atom is -0.496 e. The standard InChI is InChI=1S/C14H20BrNO/c1-14(6-3-7-14)10-16-9-11-4-5-13(17-2)12(15)8-11/h4-5,8,16H,3,6-7,9-10H2,1-2H3. The van der Waals surface area contributed by atoms with Crippen LogP contribution < -0.4 is 10.1 Å². The fourth-order valence-corrected chi connectivity index (χ4v) is 2.87. The highest BCUT2D eigenvalue weighted by molar-refractivity contribution is 9.10. The molecule has 0 atom stereocenters. The van der Waals surface area contributed by atoms with Gasteiger partial charge in [-0.15, -0.1) is 0 Å². The van der Waals surface area contributed by atoms with Crippen LogP contribution in [-0.2, 0) is 6.54 Å². The Labute approximate surface area is 112 Å². The fourth-order valence-electron chi connectivity index (χ4n) is 2.29. The van der Waals surface area contributed by atoms with E-state index in [4.69, 9.17) is 4.74 Å². The quantitative estimate of drug-likeness (QED) is 0.894. The zero-order chi connectivity index (χ0) is 12.3. The van der Waals surface area contributed by atoms with Crippen LogP contribution in [0.25, 0.3) is 0 Å². The molecule has 1 saturated carbocycles. The predicted octanol–water partition coefficient (Wildman–Crippen LogP) is 3.74. The Kier molecular flexibility index (Phi) is 4.10. The van der Waals surface area contributed by atoms with Gasteiger partial charge in [0.2, 0.25) is 0 Å². The lowest BCUT2D eigenvalue weighted by Crippen LogP contribution is -2.36. The highest BCUT2D eigenvalue weighted by atomic mass is 79.9. The number of methoxy groups -OCH3 is 1. The second kappa shape index (κ2) is 5.40. The summed E-state index contributed by atoms with van der Waals surface area (Å²) in [6.07, 6.45) is 4.13. The molecule has 0 aromatic heterocycles. The van der Waals surface area contributed by atoms with E-state index in [9.17, 15) is 0 Å². The smallest absolute Gasteiger partial charge is 0.133 e. The summed E-state index contributed by atoms with van der Waals surface area (Å²) < 4.78 is 6.24. The first-order valence-electron chi connectivity index (χ1n) is 6.16. The molecule has 1 aromatic carbocycles. The van der Waals surface area contributed by atoms with E-state index < -0.39 is 0 Å². The number of ether oxygens (including phenoxy) is 1. The molecule has 3 heteroatoms. The van der Waals surface area contributed by atoms with Crippen LogP contribution in [0, 0.1) is 5.41 Å². The molecule has 0 aliphatic heterocycles. The fraction of sp³-hybridized carbons (Fsp3) is 0.571. The van der Waals surface area contributed by atoms with Crippen molar-refractivity contribution in [3.05, 3.63) is 28.2 Å². The van der Waals surface area contributed by atoms with Crippen molar-refractivity contribution in [2.75, 3.05) is 13.7 Å². The zero-order valence-corrected chi connectivity index (χ0v) is 12.1. The first kappa shape index (κ1) is 12.9. The summed E-state index contributed by atoms with van der Waals surface area (Å²) in [4.78, 5) is 0. The second-order valence-electron chi connectivity index (χ2n) is 5.24. The summed E-state index contributed by atoms with van der Waals surface area (Å²) in [6.45, 7) is 4.42. The molecule has 0 bridgehead atoms. The van der Waals surface area contributed by atoms with Crippen LogP contribution >= 0.6 is 15.9 Å². The van der Waals surface area contributed by atoms with E-state index in [0.29, 0.717) is 5.41 Å². The van der Waals surface area contributed by atoms with Gasteiger partial charge in [0.1, 0.15) is 5.75 Å². The highest BCUT2D eigenvalue weighted by Crippen LogP contribution is 2.39. The first-order valence-corrected chi connectivity index (χ1v) is 6.95. The predicted molar refractivity (Wildman–Crippen MR) is 74.4 cm³/mol. The minimum atomic E-state index is 0.545. The Hall–Kier alpha value is -0.540. The third kappa shape index (κ3) is 3.23. The lowest BCUT2D eigenvalue weighted by molar-refractivity contribution is 0.156. The maximum absolute atomic E-state index is 5.22. The van der Waals surface area contributed by atoms with Gasteiger partial charge >= 0.3 is 0 Å².